The summed E-state index contributed by atoms with van der Waals surface area (Å²) in [6, 6.07) is 9.76. The first-order valence-corrected chi connectivity index (χ1v) is 8.29. The van der Waals surface area contributed by atoms with Gasteiger partial charge in [0, 0.05) is 12.6 Å². The summed E-state index contributed by atoms with van der Waals surface area (Å²) < 4.78 is 7.15. The van der Waals surface area contributed by atoms with E-state index in [1.54, 1.807) is 29.0 Å². The quantitative estimate of drug-likeness (QED) is 0.417. The third-order valence-electron chi connectivity index (χ3n) is 3.60. The molecule has 0 bridgehead atoms. The van der Waals surface area contributed by atoms with Crippen LogP contribution in [-0.2, 0) is 7.05 Å². The van der Waals surface area contributed by atoms with E-state index in [1.165, 1.54) is 0 Å². The Morgan fingerprint density at radius 1 is 1.17 bits per heavy atom. The molecule has 0 N–H and O–H groups in total. The van der Waals surface area contributed by atoms with Crippen LogP contribution in [0.3, 0.4) is 0 Å². The van der Waals surface area contributed by atoms with Gasteiger partial charge in [0.05, 0.1) is 16.8 Å². The summed E-state index contributed by atoms with van der Waals surface area (Å²) in [5.41, 5.74) is 1.73. The Morgan fingerprint density at radius 2 is 2.00 bits per heavy atom. The van der Waals surface area contributed by atoms with E-state index >= 15 is 0 Å². The molecule has 0 spiro atoms. The zero-order valence-corrected chi connectivity index (χ0v) is 13.9. The molecule has 4 aromatic rings. The Morgan fingerprint density at radius 3 is 2.83 bits per heavy atom. The molecule has 1 aromatic carbocycles. The number of rotatable bonds is 4. The summed E-state index contributed by atoms with van der Waals surface area (Å²) in [5.74, 6) is 1.15. The van der Waals surface area contributed by atoms with Crippen LogP contribution in [0.15, 0.2) is 52.4 Å². The third kappa shape index (κ3) is 2.65. The van der Waals surface area contributed by atoms with Crippen molar-refractivity contribution in [2.45, 2.75) is 17.2 Å². The molecule has 0 saturated heterocycles. The first kappa shape index (κ1) is 14.8. The van der Waals surface area contributed by atoms with Crippen molar-refractivity contribution in [2.24, 2.45) is 7.05 Å². The minimum Gasteiger partial charge on any atom is -0.338 e. The molecule has 7 nitrogen and oxygen atoms in total. The molecular weight excluding hydrogens is 324 g/mol. The van der Waals surface area contributed by atoms with Crippen molar-refractivity contribution in [2.75, 3.05) is 0 Å². The van der Waals surface area contributed by atoms with E-state index in [0.717, 1.165) is 21.6 Å². The van der Waals surface area contributed by atoms with Crippen molar-refractivity contribution in [3.63, 3.8) is 0 Å². The maximum atomic E-state index is 5.42. The normalized spacial score (nSPS) is 12.6. The molecule has 0 saturated carbocycles. The SMILES string of the molecule is CC(Sc1ncnc2c1cnn2C)c1nc(-c2ccccc2)no1. The van der Waals surface area contributed by atoms with Crippen LogP contribution in [0.1, 0.15) is 18.1 Å². The van der Waals surface area contributed by atoms with Gasteiger partial charge in [0.1, 0.15) is 11.4 Å². The second-order valence-electron chi connectivity index (χ2n) is 5.27. The van der Waals surface area contributed by atoms with Crippen LogP contribution in [0, 0.1) is 0 Å². The highest BCUT2D eigenvalue weighted by Crippen LogP contribution is 2.36. The lowest BCUT2D eigenvalue weighted by Gasteiger charge is -2.06. The Balaban J connectivity index is 1.60. The molecule has 4 rings (SSSR count). The number of aromatic nitrogens is 6. The van der Waals surface area contributed by atoms with Gasteiger partial charge in [0.15, 0.2) is 5.65 Å². The lowest BCUT2D eigenvalue weighted by atomic mass is 10.2. The van der Waals surface area contributed by atoms with Crippen LogP contribution in [-0.4, -0.2) is 29.9 Å². The number of fused-ring (bicyclic) bond motifs is 1. The molecule has 3 aromatic heterocycles. The fraction of sp³-hybridized carbons (Fsp3) is 0.188. The molecule has 0 fully saturated rings. The summed E-state index contributed by atoms with van der Waals surface area (Å²) >= 11 is 1.55. The van der Waals surface area contributed by atoms with Gasteiger partial charge < -0.3 is 4.52 Å². The Bertz CT molecular complexity index is 981. The van der Waals surface area contributed by atoms with Crippen molar-refractivity contribution >= 4 is 22.8 Å². The van der Waals surface area contributed by atoms with Crippen LogP contribution in [0.4, 0.5) is 0 Å². The zero-order chi connectivity index (χ0) is 16.5. The molecule has 1 unspecified atom stereocenters. The molecule has 3 heterocycles. The van der Waals surface area contributed by atoms with Crippen molar-refractivity contribution < 1.29 is 4.52 Å². The predicted octanol–water partition coefficient (Wildman–Crippen LogP) is 3.27. The summed E-state index contributed by atoms with van der Waals surface area (Å²) in [4.78, 5) is 13.1. The average Bonchev–Trinajstić information content (AvgIpc) is 3.24. The number of nitrogens with zero attached hydrogens (tertiary/aromatic N) is 6. The maximum absolute atomic E-state index is 5.42. The van der Waals surface area contributed by atoms with E-state index in [1.807, 2.05) is 44.3 Å². The van der Waals surface area contributed by atoms with Crippen LogP contribution >= 0.6 is 11.8 Å². The smallest absolute Gasteiger partial charge is 0.240 e. The van der Waals surface area contributed by atoms with E-state index in [4.69, 9.17) is 4.52 Å². The topological polar surface area (TPSA) is 82.5 Å². The number of aryl methyl sites for hydroxylation is 1. The number of thioether (sulfide) groups is 1. The zero-order valence-electron chi connectivity index (χ0n) is 13.1. The fourth-order valence-corrected chi connectivity index (χ4v) is 3.27. The van der Waals surface area contributed by atoms with E-state index in [-0.39, 0.29) is 5.25 Å². The lowest BCUT2D eigenvalue weighted by Crippen LogP contribution is -1.94. The van der Waals surface area contributed by atoms with Crippen LogP contribution in [0.25, 0.3) is 22.4 Å². The number of benzene rings is 1. The Hall–Kier alpha value is -2.74. The maximum Gasteiger partial charge on any atom is 0.240 e. The van der Waals surface area contributed by atoms with E-state index in [0.29, 0.717) is 11.7 Å². The van der Waals surface area contributed by atoms with Gasteiger partial charge in [0.2, 0.25) is 11.7 Å². The van der Waals surface area contributed by atoms with Crippen LogP contribution in [0.2, 0.25) is 0 Å². The highest BCUT2D eigenvalue weighted by atomic mass is 32.2. The van der Waals surface area contributed by atoms with Gasteiger partial charge in [-0.15, -0.1) is 0 Å². The Kier molecular flexibility index (Phi) is 3.73. The molecular formula is C16H14N6OS. The first-order chi connectivity index (χ1) is 11.7. The standard InChI is InChI=1S/C16H14N6OS/c1-10(15-20-13(21-23-15)11-6-4-3-5-7-11)24-16-12-8-19-22(2)14(12)17-9-18-16/h3-10H,1-2H3. The summed E-state index contributed by atoms with van der Waals surface area (Å²) in [6.07, 6.45) is 3.32. The largest absolute Gasteiger partial charge is 0.338 e. The molecule has 120 valence electrons. The average molecular weight is 338 g/mol. The molecule has 0 aliphatic rings. The van der Waals surface area contributed by atoms with E-state index < -0.39 is 0 Å². The molecule has 0 radical (unpaired) electrons. The predicted molar refractivity (Wildman–Crippen MR) is 90.3 cm³/mol. The van der Waals surface area contributed by atoms with Gasteiger partial charge >= 0.3 is 0 Å². The highest BCUT2D eigenvalue weighted by molar-refractivity contribution is 7.99. The molecule has 1 atom stereocenters. The lowest BCUT2D eigenvalue weighted by molar-refractivity contribution is 0.381. The molecule has 0 aliphatic heterocycles. The van der Waals surface area contributed by atoms with Crippen LogP contribution < -0.4 is 0 Å². The second-order valence-corrected chi connectivity index (χ2v) is 6.60. The number of hydrogen-bond donors (Lipinski definition) is 0. The summed E-state index contributed by atoms with van der Waals surface area (Å²) in [6.45, 7) is 2.01. The van der Waals surface area contributed by atoms with Gasteiger partial charge in [-0.1, -0.05) is 47.3 Å². The van der Waals surface area contributed by atoms with Gasteiger partial charge in [-0.2, -0.15) is 10.1 Å². The summed E-state index contributed by atoms with van der Waals surface area (Å²) in [5, 5.41) is 10.0. The highest BCUT2D eigenvalue weighted by Gasteiger charge is 2.19. The van der Waals surface area contributed by atoms with E-state index in [2.05, 4.69) is 25.2 Å². The van der Waals surface area contributed by atoms with Gasteiger partial charge in [0.25, 0.3) is 0 Å². The fourth-order valence-electron chi connectivity index (χ4n) is 2.36. The van der Waals surface area contributed by atoms with Crippen molar-refractivity contribution in [3.8, 4) is 11.4 Å². The van der Waals surface area contributed by atoms with Crippen molar-refractivity contribution in [3.05, 3.63) is 48.7 Å². The minimum atomic E-state index is -0.0340. The molecule has 0 amide bonds. The first-order valence-electron chi connectivity index (χ1n) is 7.41. The van der Waals surface area contributed by atoms with E-state index in [9.17, 15) is 0 Å². The van der Waals surface area contributed by atoms with Crippen molar-refractivity contribution in [1.29, 1.82) is 0 Å². The Labute approximate surface area is 142 Å². The summed E-state index contributed by atoms with van der Waals surface area (Å²) in [7, 11) is 1.86. The second kappa shape index (κ2) is 6.04. The monoisotopic (exact) mass is 338 g/mol. The van der Waals surface area contributed by atoms with Gasteiger partial charge in [-0.05, 0) is 6.92 Å². The van der Waals surface area contributed by atoms with Gasteiger partial charge in [-0.3, -0.25) is 4.68 Å². The number of hydrogen-bond acceptors (Lipinski definition) is 7. The molecule has 8 heteroatoms. The van der Waals surface area contributed by atoms with Gasteiger partial charge in [-0.25, -0.2) is 9.97 Å². The third-order valence-corrected chi connectivity index (χ3v) is 4.71. The minimum absolute atomic E-state index is 0.0340. The molecule has 0 aliphatic carbocycles. The molecule has 24 heavy (non-hydrogen) atoms. The van der Waals surface area contributed by atoms with Crippen LogP contribution in [0.5, 0.6) is 0 Å². The van der Waals surface area contributed by atoms with Crippen molar-refractivity contribution in [1.82, 2.24) is 29.9 Å².